The fraction of sp³-hybridized carbons (Fsp3) is 0.211. The molecule has 28 heavy (non-hydrogen) atoms. The Labute approximate surface area is 164 Å². The highest BCUT2D eigenvalue weighted by Gasteiger charge is 2.29. The zero-order valence-electron chi connectivity index (χ0n) is 14.6. The second-order valence-corrected chi connectivity index (χ2v) is 7.47. The van der Waals surface area contributed by atoms with Crippen LogP contribution in [0.2, 0.25) is 0 Å². The van der Waals surface area contributed by atoms with Gasteiger partial charge in [0.15, 0.2) is 11.5 Å². The van der Waals surface area contributed by atoms with E-state index in [4.69, 9.17) is 14.6 Å². The molecule has 0 saturated heterocycles. The molecule has 0 spiro atoms. The number of aromatic carboxylic acids is 1. The number of carbonyl (C=O) groups excluding carboxylic acids is 2. The summed E-state index contributed by atoms with van der Waals surface area (Å²) in [4.78, 5) is 36.5. The monoisotopic (exact) mass is 400 g/mol. The molecule has 2 heterocycles. The topological polar surface area (TPSA) is 114 Å². The lowest BCUT2D eigenvalue weighted by molar-refractivity contribution is -0.120. The molecule has 2 aliphatic rings. The summed E-state index contributed by atoms with van der Waals surface area (Å²) < 4.78 is 10.9. The van der Waals surface area contributed by atoms with Crippen LogP contribution in [0.15, 0.2) is 41.3 Å². The average molecular weight is 400 g/mol. The SMILES string of the molecule is O=C(C[C@H]1Sc2cc(C(=O)O)ccc2NC1=O)Nc1ccc2c(c1)OCCO2. The van der Waals surface area contributed by atoms with Crippen molar-refractivity contribution in [3.8, 4) is 11.5 Å². The molecule has 0 unspecified atom stereocenters. The van der Waals surface area contributed by atoms with Crippen LogP contribution in [0.3, 0.4) is 0 Å². The molecular weight excluding hydrogens is 384 g/mol. The molecule has 0 bridgehead atoms. The van der Waals surface area contributed by atoms with Gasteiger partial charge in [-0.1, -0.05) is 0 Å². The first-order chi connectivity index (χ1) is 13.5. The quantitative estimate of drug-likeness (QED) is 0.723. The van der Waals surface area contributed by atoms with Crippen molar-refractivity contribution in [2.75, 3.05) is 23.8 Å². The number of rotatable bonds is 4. The molecular formula is C19H16N2O6S. The summed E-state index contributed by atoms with van der Waals surface area (Å²) in [6.45, 7) is 0.929. The van der Waals surface area contributed by atoms with Gasteiger partial charge in [0.25, 0.3) is 0 Å². The number of thioether (sulfide) groups is 1. The van der Waals surface area contributed by atoms with E-state index in [2.05, 4.69) is 10.6 Å². The lowest BCUT2D eigenvalue weighted by atomic mass is 10.2. The highest BCUT2D eigenvalue weighted by atomic mass is 32.2. The molecule has 2 amide bonds. The van der Waals surface area contributed by atoms with Gasteiger partial charge >= 0.3 is 5.97 Å². The predicted molar refractivity (Wildman–Crippen MR) is 102 cm³/mol. The average Bonchev–Trinajstić information content (AvgIpc) is 2.68. The first kappa shape index (κ1) is 18.2. The third-order valence-corrected chi connectivity index (χ3v) is 5.50. The number of hydrogen-bond donors (Lipinski definition) is 3. The van der Waals surface area contributed by atoms with Gasteiger partial charge in [-0.15, -0.1) is 11.8 Å². The van der Waals surface area contributed by atoms with E-state index < -0.39 is 11.2 Å². The van der Waals surface area contributed by atoms with Crippen LogP contribution in [0, 0.1) is 0 Å². The first-order valence-corrected chi connectivity index (χ1v) is 9.42. The number of hydrogen-bond acceptors (Lipinski definition) is 6. The van der Waals surface area contributed by atoms with Gasteiger partial charge in [0.2, 0.25) is 11.8 Å². The van der Waals surface area contributed by atoms with Gasteiger partial charge in [0, 0.05) is 23.1 Å². The van der Waals surface area contributed by atoms with Crippen molar-refractivity contribution in [3.63, 3.8) is 0 Å². The second kappa shape index (κ2) is 7.43. The summed E-state index contributed by atoms with van der Waals surface area (Å²) in [5.41, 5.74) is 1.22. The number of fused-ring (bicyclic) bond motifs is 2. The number of nitrogens with one attached hydrogen (secondary N) is 2. The van der Waals surface area contributed by atoms with Gasteiger partial charge in [0.05, 0.1) is 16.5 Å². The highest BCUT2D eigenvalue weighted by Crippen LogP contribution is 2.38. The Morgan fingerprint density at radius 2 is 1.93 bits per heavy atom. The van der Waals surface area contributed by atoms with Gasteiger partial charge in [-0.05, 0) is 30.3 Å². The summed E-state index contributed by atoms with van der Waals surface area (Å²) >= 11 is 1.18. The van der Waals surface area contributed by atoms with E-state index >= 15 is 0 Å². The zero-order chi connectivity index (χ0) is 19.7. The van der Waals surface area contributed by atoms with Crippen molar-refractivity contribution in [1.82, 2.24) is 0 Å². The molecule has 3 N–H and O–H groups in total. The first-order valence-electron chi connectivity index (χ1n) is 8.54. The van der Waals surface area contributed by atoms with Gasteiger partial charge in [-0.2, -0.15) is 0 Å². The smallest absolute Gasteiger partial charge is 0.335 e. The van der Waals surface area contributed by atoms with Gasteiger partial charge in [-0.25, -0.2) is 4.79 Å². The fourth-order valence-electron chi connectivity index (χ4n) is 2.91. The van der Waals surface area contributed by atoms with E-state index in [9.17, 15) is 14.4 Å². The van der Waals surface area contributed by atoms with Crippen molar-refractivity contribution in [1.29, 1.82) is 0 Å². The van der Waals surface area contributed by atoms with Crippen molar-refractivity contribution in [3.05, 3.63) is 42.0 Å². The van der Waals surface area contributed by atoms with Crippen molar-refractivity contribution in [2.24, 2.45) is 0 Å². The summed E-state index contributed by atoms with van der Waals surface area (Å²) in [6, 6.07) is 9.57. The molecule has 1 atom stereocenters. The van der Waals surface area contributed by atoms with Gasteiger partial charge < -0.3 is 25.2 Å². The Morgan fingerprint density at radius 1 is 1.14 bits per heavy atom. The highest BCUT2D eigenvalue weighted by molar-refractivity contribution is 8.01. The van der Waals surface area contributed by atoms with E-state index in [1.165, 1.54) is 23.9 Å². The van der Waals surface area contributed by atoms with Crippen LogP contribution < -0.4 is 20.1 Å². The van der Waals surface area contributed by atoms with Crippen LogP contribution in [0.25, 0.3) is 0 Å². The standard InChI is InChI=1S/C19H16N2O6S/c22-17(20-11-2-4-13-14(8-11)27-6-5-26-13)9-16-18(23)21-12-3-1-10(19(24)25)7-15(12)28-16/h1-4,7-8,16H,5-6,9H2,(H,20,22)(H,21,23)(H,24,25)/t16-/m1/s1. The third kappa shape index (κ3) is 3.74. The molecule has 144 valence electrons. The maximum Gasteiger partial charge on any atom is 0.335 e. The predicted octanol–water partition coefficient (Wildman–Crippen LogP) is 2.60. The maximum atomic E-state index is 12.4. The van der Waals surface area contributed by atoms with Gasteiger partial charge in [0.1, 0.15) is 13.2 Å². The summed E-state index contributed by atoms with van der Waals surface area (Å²) in [5, 5.41) is 13.9. The number of carboxylic acids is 1. The summed E-state index contributed by atoms with van der Waals surface area (Å²) in [6.07, 6.45) is -0.0539. The third-order valence-electron chi connectivity index (χ3n) is 4.24. The Balaban J connectivity index is 1.44. The van der Waals surface area contributed by atoms with Crippen molar-refractivity contribution < 1.29 is 29.0 Å². The Hall–Kier alpha value is -3.20. The number of carbonyl (C=O) groups is 3. The number of benzene rings is 2. The van der Waals surface area contributed by atoms with Crippen LogP contribution in [0.4, 0.5) is 11.4 Å². The van der Waals surface area contributed by atoms with Crippen LogP contribution >= 0.6 is 11.8 Å². The molecule has 0 radical (unpaired) electrons. The van der Waals surface area contributed by atoms with Crippen molar-refractivity contribution >= 4 is 40.9 Å². The zero-order valence-corrected chi connectivity index (χ0v) is 15.4. The number of ether oxygens (including phenoxy) is 2. The fourth-order valence-corrected chi connectivity index (χ4v) is 4.06. The molecule has 9 heteroatoms. The second-order valence-electron chi connectivity index (χ2n) is 6.22. The molecule has 8 nitrogen and oxygen atoms in total. The van der Waals surface area contributed by atoms with E-state index in [-0.39, 0.29) is 23.8 Å². The molecule has 2 aliphatic heterocycles. The van der Waals surface area contributed by atoms with Crippen LogP contribution in [-0.4, -0.2) is 41.4 Å². The Morgan fingerprint density at radius 3 is 2.71 bits per heavy atom. The van der Waals surface area contributed by atoms with E-state index in [1.54, 1.807) is 24.3 Å². The minimum Gasteiger partial charge on any atom is -0.486 e. The van der Waals surface area contributed by atoms with E-state index in [0.29, 0.717) is 41.0 Å². The molecule has 2 aromatic rings. The molecule has 0 aromatic heterocycles. The van der Waals surface area contributed by atoms with Gasteiger partial charge in [-0.3, -0.25) is 9.59 Å². The minimum absolute atomic E-state index is 0.0539. The van der Waals surface area contributed by atoms with Crippen LogP contribution in [-0.2, 0) is 9.59 Å². The number of amides is 2. The Bertz CT molecular complexity index is 977. The minimum atomic E-state index is -1.05. The lowest BCUT2D eigenvalue weighted by Gasteiger charge is -2.24. The largest absolute Gasteiger partial charge is 0.486 e. The molecule has 4 rings (SSSR count). The molecule has 0 saturated carbocycles. The molecule has 2 aromatic carbocycles. The summed E-state index contributed by atoms with van der Waals surface area (Å²) in [5.74, 6) is -0.491. The van der Waals surface area contributed by atoms with E-state index in [0.717, 1.165) is 0 Å². The van der Waals surface area contributed by atoms with E-state index in [1.807, 2.05) is 0 Å². The molecule has 0 aliphatic carbocycles. The number of carboxylic acid groups (broad SMARTS) is 1. The maximum absolute atomic E-state index is 12.4. The van der Waals surface area contributed by atoms with Crippen molar-refractivity contribution in [2.45, 2.75) is 16.6 Å². The van der Waals surface area contributed by atoms with Crippen LogP contribution in [0.1, 0.15) is 16.8 Å². The van der Waals surface area contributed by atoms with Crippen LogP contribution in [0.5, 0.6) is 11.5 Å². The normalized spacial score (nSPS) is 17.3. The Kier molecular flexibility index (Phi) is 4.82. The molecule has 0 fully saturated rings. The summed E-state index contributed by atoms with van der Waals surface area (Å²) in [7, 11) is 0. The lowest BCUT2D eigenvalue weighted by Crippen LogP contribution is -2.32. The number of anilines is 2.